The zero-order valence-corrected chi connectivity index (χ0v) is 16.6. The van der Waals surface area contributed by atoms with E-state index in [0.717, 1.165) is 0 Å². The van der Waals surface area contributed by atoms with Crippen molar-refractivity contribution in [3.8, 4) is 0 Å². The van der Waals surface area contributed by atoms with Crippen molar-refractivity contribution in [3.05, 3.63) is 35.4 Å². The number of hydrogen-bond acceptors (Lipinski definition) is 8. The average Bonchev–Trinajstić information content (AvgIpc) is 2.64. The second-order valence-electron chi connectivity index (χ2n) is 5.50. The molecule has 1 aromatic carbocycles. The Morgan fingerprint density at radius 1 is 0.607 bits per heavy atom. The largest absolute Gasteiger partial charge is 0.465 e. The van der Waals surface area contributed by atoms with Crippen LogP contribution in [0.4, 0.5) is 0 Å². The van der Waals surface area contributed by atoms with E-state index in [0.29, 0.717) is 0 Å². The summed E-state index contributed by atoms with van der Waals surface area (Å²) in [6.07, 6.45) is 0. The highest BCUT2D eigenvalue weighted by molar-refractivity contribution is 6.04. The predicted octanol–water partition coefficient (Wildman–Crippen LogP) is 2.11. The Labute approximate surface area is 164 Å². The smallest absolute Gasteiger partial charge is 0.324 e. The number of hydrogen-bond donors (Lipinski definition) is 0. The summed E-state index contributed by atoms with van der Waals surface area (Å²) in [6.45, 7) is 6.62. The first-order valence-electron chi connectivity index (χ1n) is 9.18. The summed E-state index contributed by atoms with van der Waals surface area (Å²) in [6, 6.07) is 6.11. The second kappa shape index (κ2) is 11.7. The average molecular weight is 394 g/mol. The van der Waals surface area contributed by atoms with Crippen LogP contribution < -0.4 is 0 Å². The fourth-order valence-corrected chi connectivity index (χ4v) is 2.64. The fourth-order valence-electron chi connectivity index (χ4n) is 2.64. The highest BCUT2D eigenvalue weighted by Crippen LogP contribution is 2.30. The van der Waals surface area contributed by atoms with Gasteiger partial charge in [-0.05, 0) is 38.8 Å². The number of benzene rings is 1. The van der Waals surface area contributed by atoms with Crippen molar-refractivity contribution in [1.29, 1.82) is 0 Å². The van der Waals surface area contributed by atoms with Crippen LogP contribution in [0, 0.1) is 0 Å². The Hall–Kier alpha value is -2.90. The van der Waals surface area contributed by atoms with Gasteiger partial charge in [-0.15, -0.1) is 0 Å². The van der Waals surface area contributed by atoms with Gasteiger partial charge in [-0.3, -0.25) is 19.2 Å². The van der Waals surface area contributed by atoms with Crippen LogP contribution in [0.5, 0.6) is 0 Å². The lowest BCUT2D eigenvalue weighted by molar-refractivity contribution is -0.159. The molecule has 0 unspecified atom stereocenters. The van der Waals surface area contributed by atoms with E-state index in [1.807, 2.05) is 0 Å². The van der Waals surface area contributed by atoms with Crippen LogP contribution in [0.25, 0.3) is 0 Å². The number of ether oxygens (including phenoxy) is 4. The summed E-state index contributed by atoms with van der Waals surface area (Å²) >= 11 is 0. The maximum atomic E-state index is 12.5. The Morgan fingerprint density at radius 3 is 1.07 bits per heavy atom. The monoisotopic (exact) mass is 394 g/mol. The van der Waals surface area contributed by atoms with E-state index in [1.54, 1.807) is 39.8 Å². The predicted molar refractivity (Wildman–Crippen MR) is 98.5 cm³/mol. The van der Waals surface area contributed by atoms with Gasteiger partial charge in [0, 0.05) is 0 Å². The molecule has 0 aromatic heterocycles. The zero-order chi connectivity index (χ0) is 21.1. The highest BCUT2D eigenvalue weighted by atomic mass is 16.6. The van der Waals surface area contributed by atoms with Crippen LogP contribution in [-0.2, 0) is 38.1 Å². The molecule has 28 heavy (non-hydrogen) atoms. The third-order valence-electron chi connectivity index (χ3n) is 3.71. The molecule has 154 valence electrons. The second-order valence-corrected chi connectivity index (χ2v) is 5.50. The summed E-state index contributed by atoms with van der Waals surface area (Å²) in [4.78, 5) is 49.9. The number of carbonyl (C=O) groups is 4. The van der Waals surface area contributed by atoms with Crippen molar-refractivity contribution in [2.24, 2.45) is 0 Å². The maximum Gasteiger partial charge on any atom is 0.324 e. The molecule has 0 saturated carbocycles. The standard InChI is InChI=1S/C20H26O8/c1-5-25-17(21)15(18(22)26-6-2)13-11-9-10-12-14(13)16(19(23)27-7-3)20(24)28-8-4/h9-12,15-16H,5-8H2,1-4H3. The Morgan fingerprint density at radius 2 is 0.857 bits per heavy atom. The third-order valence-corrected chi connectivity index (χ3v) is 3.71. The first kappa shape index (κ1) is 23.1. The molecule has 0 aliphatic carbocycles. The molecular weight excluding hydrogens is 368 g/mol. The molecule has 8 nitrogen and oxygen atoms in total. The molecule has 0 bridgehead atoms. The molecule has 0 atom stereocenters. The number of rotatable bonds is 10. The van der Waals surface area contributed by atoms with Crippen LogP contribution in [0.3, 0.4) is 0 Å². The van der Waals surface area contributed by atoms with Gasteiger partial charge in [0.2, 0.25) is 0 Å². The topological polar surface area (TPSA) is 105 Å². The van der Waals surface area contributed by atoms with E-state index in [1.165, 1.54) is 12.1 Å². The van der Waals surface area contributed by atoms with Gasteiger partial charge < -0.3 is 18.9 Å². The van der Waals surface area contributed by atoms with Crippen LogP contribution >= 0.6 is 0 Å². The minimum absolute atomic E-state index is 0.0517. The number of esters is 4. The van der Waals surface area contributed by atoms with Crippen LogP contribution in [0.2, 0.25) is 0 Å². The van der Waals surface area contributed by atoms with E-state index < -0.39 is 35.7 Å². The molecule has 0 aliphatic heterocycles. The van der Waals surface area contributed by atoms with Crippen molar-refractivity contribution in [2.75, 3.05) is 26.4 Å². The van der Waals surface area contributed by atoms with Crippen molar-refractivity contribution < 1.29 is 38.1 Å². The summed E-state index contributed by atoms with van der Waals surface area (Å²) in [5.41, 5.74) is 0.260. The summed E-state index contributed by atoms with van der Waals surface area (Å²) < 4.78 is 20.0. The van der Waals surface area contributed by atoms with Gasteiger partial charge in [0.25, 0.3) is 0 Å². The molecule has 0 spiro atoms. The minimum Gasteiger partial charge on any atom is -0.465 e. The molecule has 0 N–H and O–H groups in total. The fraction of sp³-hybridized carbons (Fsp3) is 0.500. The molecule has 1 aromatic rings. The zero-order valence-electron chi connectivity index (χ0n) is 16.6. The van der Waals surface area contributed by atoms with Crippen LogP contribution in [0.15, 0.2) is 24.3 Å². The van der Waals surface area contributed by atoms with Gasteiger partial charge >= 0.3 is 23.9 Å². The lowest BCUT2D eigenvalue weighted by atomic mass is 9.87. The van der Waals surface area contributed by atoms with Crippen molar-refractivity contribution in [2.45, 2.75) is 39.5 Å². The van der Waals surface area contributed by atoms with Gasteiger partial charge in [-0.25, -0.2) is 0 Å². The van der Waals surface area contributed by atoms with Gasteiger partial charge in [0.1, 0.15) is 0 Å². The van der Waals surface area contributed by atoms with E-state index in [4.69, 9.17) is 18.9 Å². The highest BCUT2D eigenvalue weighted by Gasteiger charge is 2.39. The molecule has 0 heterocycles. The lowest BCUT2D eigenvalue weighted by Crippen LogP contribution is -2.31. The first-order valence-corrected chi connectivity index (χ1v) is 9.18. The van der Waals surface area contributed by atoms with Crippen LogP contribution in [-0.4, -0.2) is 50.3 Å². The molecule has 0 saturated heterocycles. The van der Waals surface area contributed by atoms with Gasteiger partial charge in [-0.2, -0.15) is 0 Å². The first-order chi connectivity index (χ1) is 13.4. The molecule has 0 amide bonds. The Kier molecular flexibility index (Phi) is 9.70. The molecule has 0 aliphatic rings. The summed E-state index contributed by atoms with van der Waals surface area (Å²) in [5.74, 6) is -6.22. The summed E-state index contributed by atoms with van der Waals surface area (Å²) in [5, 5.41) is 0. The van der Waals surface area contributed by atoms with E-state index in [2.05, 4.69) is 0 Å². The normalized spacial score (nSPS) is 10.5. The van der Waals surface area contributed by atoms with Crippen molar-refractivity contribution in [1.82, 2.24) is 0 Å². The lowest BCUT2D eigenvalue weighted by Gasteiger charge is -2.21. The minimum atomic E-state index is -1.44. The molecule has 1 rings (SSSR count). The molecule has 0 fully saturated rings. The molecule has 8 heteroatoms. The van der Waals surface area contributed by atoms with Crippen LogP contribution in [0.1, 0.15) is 50.7 Å². The Bertz CT molecular complexity index is 602. The van der Waals surface area contributed by atoms with Crippen molar-refractivity contribution in [3.63, 3.8) is 0 Å². The Balaban J connectivity index is 3.53. The maximum absolute atomic E-state index is 12.5. The van der Waals surface area contributed by atoms with Gasteiger partial charge in [-0.1, -0.05) is 24.3 Å². The SMILES string of the molecule is CCOC(=O)C(C(=O)OCC)c1ccccc1C(C(=O)OCC)C(=O)OCC. The summed E-state index contributed by atoms with van der Waals surface area (Å²) in [7, 11) is 0. The van der Waals surface area contributed by atoms with Gasteiger partial charge in [0.05, 0.1) is 26.4 Å². The van der Waals surface area contributed by atoms with E-state index in [9.17, 15) is 19.2 Å². The van der Waals surface area contributed by atoms with E-state index >= 15 is 0 Å². The quantitative estimate of drug-likeness (QED) is 0.337. The van der Waals surface area contributed by atoms with Gasteiger partial charge in [0.15, 0.2) is 11.8 Å². The number of carbonyl (C=O) groups excluding carboxylic acids is 4. The van der Waals surface area contributed by atoms with Crippen molar-refractivity contribution >= 4 is 23.9 Å². The molecule has 0 radical (unpaired) electrons. The third kappa shape index (κ3) is 5.80. The van der Waals surface area contributed by atoms with E-state index in [-0.39, 0.29) is 37.6 Å². The molecular formula is C20H26O8.